The Hall–Kier alpha value is -3.66. The van der Waals surface area contributed by atoms with Gasteiger partial charge in [-0.25, -0.2) is 14.2 Å². The van der Waals surface area contributed by atoms with Gasteiger partial charge < -0.3 is 18.7 Å². The number of benzene rings is 2. The van der Waals surface area contributed by atoms with Gasteiger partial charge in [-0.15, -0.1) is 0 Å². The molecule has 0 saturated heterocycles. The van der Waals surface area contributed by atoms with Crippen LogP contribution >= 0.6 is 11.8 Å². The molecule has 2 aromatic carbocycles. The third kappa shape index (κ3) is 5.06. The predicted octanol–water partition coefficient (Wildman–Crippen LogP) is 4.14. The van der Waals surface area contributed by atoms with Crippen molar-refractivity contribution in [3.05, 3.63) is 71.9 Å². The second-order valence-electron chi connectivity index (χ2n) is 7.09. The van der Waals surface area contributed by atoms with Crippen LogP contribution in [0.25, 0.3) is 11.0 Å². The van der Waals surface area contributed by atoms with Crippen LogP contribution in [0.15, 0.2) is 64.3 Å². The van der Waals surface area contributed by atoms with Crippen molar-refractivity contribution in [1.82, 2.24) is 14.7 Å². The lowest BCUT2D eigenvalue weighted by Gasteiger charge is -2.17. The standard InChI is InChI=1S/C23H21FN4O4S/c1-3-31-22(30)19-12-17(32-26-19)13-28-20-7-5-4-6-18(20)25-23(28)33-14-21(29)27(2)16-10-8-15(24)9-11-16/h4-12H,3,13-14H2,1-2H3. The van der Waals surface area contributed by atoms with Crippen molar-refractivity contribution in [2.45, 2.75) is 18.6 Å². The zero-order valence-electron chi connectivity index (χ0n) is 18.0. The molecular formula is C23H21FN4O4S. The Morgan fingerprint density at radius 3 is 2.70 bits per heavy atom. The van der Waals surface area contributed by atoms with E-state index in [0.717, 1.165) is 11.0 Å². The van der Waals surface area contributed by atoms with Crippen molar-refractivity contribution in [3.63, 3.8) is 0 Å². The topological polar surface area (TPSA) is 90.5 Å². The number of ether oxygens (including phenoxy) is 1. The van der Waals surface area contributed by atoms with E-state index in [-0.39, 0.29) is 36.3 Å². The first-order valence-electron chi connectivity index (χ1n) is 10.2. The van der Waals surface area contributed by atoms with Crippen LogP contribution in [0.2, 0.25) is 0 Å². The van der Waals surface area contributed by atoms with Gasteiger partial charge in [0, 0.05) is 18.8 Å². The van der Waals surface area contributed by atoms with Crippen LogP contribution in [0.3, 0.4) is 0 Å². The SMILES string of the molecule is CCOC(=O)c1cc(Cn2c(SCC(=O)N(C)c3ccc(F)cc3)nc3ccccc32)on1. The molecule has 1 amide bonds. The molecule has 0 N–H and O–H groups in total. The summed E-state index contributed by atoms with van der Waals surface area (Å²) in [6.45, 7) is 2.24. The molecule has 8 nitrogen and oxygen atoms in total. The number of rotatable bonds is 8. The number of anilines is 1. The van der Waals surface area contributed by atoms with E-state index >= 15 is 0 Å². The molecule has 0 fully saturated rings. The second kappa shape index (κ2) is 9.86. The molecule has 0 aliphatic heterocycles. The first-order valence-corrected chi connectivity index (χ1v) is 11.2. The van der Waals surface area contributed by atoms with Gasteiger partial charge in [0.2, 0.25) is 5.91 Å². The number of imidazole rings is 1. The first kappa shape index (κ1) is 22.5. The van der Waals surface area contributed by atoms with Gasteiger partial charge in [-0.3, -0.25) is 4.79 Å². The molecule has 4 aromatic rings. The maximum Gasteiger partial charge on any atom is 0.360 e. The quantitative estimate of drug-likeness (QED) is 0.283. The molecule has 0 saturated carbocycles. The van der Waals surface area contributed by atoms with Gasteiger partial charge in [0.15, 0.2) is 16.6 Å². The fourth-order valence-electron chi connectivity index (χ4n) is 3.19. The van der Waals surface area contributed by atoms with E-state index in [2.05, 4.69) is 10.1 Å². The van der Waals surface area contributed by atoms with E-state index < -0.39 is 5.97 Å². The molecule has 0 bridgehead atoms. The summed E-state index contributed by atoms with van der Waals surface area (Å²) in [6, 6.07) is 14.8. The summed E-state index contributed by atoms with van der Waals surface area (Å²) < 4.78 is 25.4. The Morgan fingerprint density at radius 1 is 1.18 bits per heavy atom. The minimum Gasteiger partial charge on any atom is -0.461 e. The van der Waals surface area contributed by atoms with E-state index in [1.54, 1.807) is 26.1 Å². The van der Waals surface area contributed by atoms with Crippen molar-refractivity contribution in [2.24, 2.45) is 0 Å². The molecule has 33 heavy (non-hydrogen) atoms. The number of nitrogens with zero attached hydrogens (tertiary/aromatic N) is 4. The molecular weight excluding hydrogens is 447 g/mol. The van der Waals surface area contributed by atoms with Crippen molar-refractivity contribution < 1.29 is 23.2 Å². The number of hydrogen-bond acceptors (Lipinski definition) is 7. The minimum absolute atomic E-state index is 0.0987. The summed E-state index contributed by atoms with van der Waals surface area (Å²) in [4.78, 5) is 30.7. The highest BCUT2D eigenvalue weighted by molar-refractivity contribution is 7.99. The van der Waals surface area contributed by atoms with E-state index in [9.17, 15) is 14.0 Å². The molecule has 2 heterocycles. The van der Waals surface area contributed by atoms with Gasteiger partial charge in [-0.05, 0) is 43.3 Å². The van der Waals surface area contributed by atoms with Crippen LogP contribution in [0.1, 0.15) is 23.2 Å². The number of esters is 1. The Bertz CT molecular complexity index is 1290. The minimum atomic E-state index is -0.549. The zero-order valence-corrected chi connectivity index (χ0v) is 18.8. The molecule has 0 radical (unpaired) electrons. The molecule has 170 valence electrons. The normalized spacial score (nSPS) is 11.0. The van der Waals surface area contributed by atoms with Gasteiger partial charge in [0.1, 0.15) is 5.82 Å². The Kier molecular flexibility index (Phi) is 6.74. The molecule has 4 rings (SSSR count). The van der Waals surface area contributed by atoms with E-state index in [1.807, 2.05) is 28.8 Å². The van der Waals surface area contributed by atoms with E-state index in [4.69, 9.17) is 9.26 Å². The lowest BCUT2D eigenvalue weighted by Crippen LogP contribution is -2.28. The summed E-state index contributed by atoms with van der Waals surface area (Å²) >= 11 is 1.28. The summed E-state index contributed by atoms with van der Waals surface area (Å²) in [5, 5.41) is 4.40. The van der Waals surface area contributed by atoms with Crippen LogP contribution in [0.4, 0.5) is 10.1 Å². The maximum atomic E-state index is 13.2. The van der Waals surface area contributed by atoms with Crippen LogP contribution in [0, 0.1) is 5.82 Å². The van der Waals surface area contributed by atoms with Gasteiger partial charge in [-0.1, -0.05) is 29.1 Å². The summed E-state index contributed by atoms with van der Waals surface area (Å²) in [6.07, 6.45) is 0. The first-order chi connectivity index (χ1) is 16.0. The van der Waals surface area contributed by atoms with E-state index in [1.165, 1.54) is 34.9 Å². The van der Waals surface area contributed by atoms with Crippen LogP contribution in [-0.2, 0) is 16.1 Å². The molecule has 2 aromatic heterocycles. The Morgan fingerprint density at radius 2 is 1.94 bits per heavy atom. The summed E-state index contributed by atoms with van der Waals surface area (Å²) in [5.41, 5.74) is 2.32. The van der Waals surface area contributed by atoms with Crippen molar-refractivity contribution in [3.8, 4) is 0 Å². The van der Waals surface area contributed by atoms with E-state index in [0.29, 0.717) is 16.6 Å². The number of carbonyl (C=O) groups is 2. The highest BCUT2D eigenvalue weighted by atomic mass is 32.2. The third-order valence-corrected chi connectivity index (χ3v) is 5.85. The molecule has 10 heteroatoms. The number of amides is 1. The Labute approximate surface area is 193 Å². The number of carbonyl (C=O) groups excluding carboxylic acids is 2. The molecule has 0 aliphatic carbocycles. The number of halogens is 1. The summed E-state index contributed by atoms with van der Waals surface area (Å²) in [7, 11) is 1.64. The van der Waals surface area contributed by atoms with Crippen LogP contribution < -0.4 is 4.90 Å². The maximum absolute atomic E-state index is 13.2. The van der Waals surface area contributed by atoms with Gasteiger partial charge in [0.25, 0.3) is 0 Å². The molecule has 0 spiro atoms. The lowest BCUT2D eigenvalue weighted by atomic mass is 10.3. The van der Waals surface area contributed by atoms with Gasteiger partial charge in [0.05, 0.1) is 29.9 Å². The van der Waals surface area contributed by atoms with Gasteiger partial charge in [-0.2, -0.15) is 0 Å². The highest BCUT2D eigenvalue weighted by Gasteiger charge is 2.19. The monoisotopic (exact) mass is 468 g/mol. The molecule has 0 unspecified atom stereocenters. The third-order valence-electron chi connectivity index (χ3n) is 4.89. The van der Waals surface area contributed by atoms with Crippen molar-refractivity contribution in [1.29, 1.82) is 0 Å². The van der Waals surface area contributed by atoms with Crippen LogP contribution in [0.5, 0.6) is 0 Å². The highest BCUT2D eigenvalue weighted by Crippen LogP contribution is 2.26. The second-order valence-corrected chi connectivity index (χ2v) is 8.03. The number of fused-ring (bicyclic) bond motifs is 1. The largest absolute Gasteiger partial charge is 0.461 e. The Balaban J connectivity index is 1.53. The average molecular weight is 469 g/mol. The fraction of sp³-hybridized carbons (Fsp3) is 0.217. The smallest absolute Gasteiger partial charge is 0.360 e. The average Bonchev–Trinajstić information content (AvgIpc) is 3.43. The van der Waals surface area contributed by atoms with Gasteiger partial charge >= 0.3 is 5.97 Å². The summed E-state index contributed by atoms with van der Waals surface area (Å²) in [5.74, 6) is -0.484. The van der Waals surface area contributed by atoms with Crippen molar-refractivity contribution in [2.75, 3.05) is 24.3 Å². The van der Waals surface area contributed by atoms with Crippen LogP contribution in [-0.4, -0.2) is 46.0 Å². The number of para-hydroxylation sites is 2. The zero-order chi connectivity index (χ0) is 23.4. The molecule has 0 aliphatic rings. The number of aromatic nitrogens is 3. The lowest BCUT2D eigenvalue weighted by molar-refractivity contribution is -0.115. The van der Waals surface area contributed by atoms with Crippen molar-refractivity contribution >= 4 is 40.4 Å². The fourth-order valence-corrected chi connectivity index (χ4v) is 4.12. The predicted molar refractivity (Wildman–Crippen MR) is 122 cm³/mol. The molecule has 0 atom stereocenters. The number of hydrogen-bond donors (Lipinski definition) is 0. The number of thioether (sulfide) groups is 1.